The van der Waals surface area contributed by atoms with Crippen molar-refractivity contribution in [1.82, 2.24) is 9.78 Å². The van der Waals surface area contributed by atoms with Crippen molar-refractivity contribution >= 4 is 34.0 Å². The van der Waals surface area contributed by atoms with Gasteiger partial charge in [-0.05, 0) is 18.1 Å². The normalized spacial score (nSPS) is 11.5. The van der Waals surface area contributed by atoms with Crippen molar-refractivity contribution in [1.29, 1.82) is 0 Å². The zero-order valence-corrected chi connectivity index (χ0v) is 18.5. The zero-order chi connectivity index (χ0) is 25.9. The minimum absolute atomic E-state index is 0.0283. The maximum absolute atomic E-state index is 13.3. The van der Waals surface area contributed by atoms with Crippen molar-refractivity contribution < 1.29 is 32.4 Å². The molecule has 0 aliphatic rings. The van der Waals surface area contributed by atoms with E-state index in [2.05, 4.69) is 5.10 Å². The summed E-state index contributed by atoms with van der Waals surface area (Å²) in [4.78, 5) is 47.3. The van der Waals surface area contributed by atoms with E-state index in [-0.39, 0.29) is 35.0 Å². The second-order valence-corrected chi connectivity index (χ2v) is 7.88. The predicted molar refractivity (Wildman–Crippen MR) is 118 cm³/mol. The van der Waals surface area contributed by atoms with E-state index in [9.17, 15) is 37.7 Å². The molecule has 0 atom stereocenters. The first-order valence-corrected chi connectivity index (χ1v) is 10.2. The van der Waals surface area contributed by atoms with Crippen LogP contribution in [0.3, 0.4) is 0 Å². The summed E-state index contributed by atoms with van der Waals surface area (Å²) in [6.07, 6.45) is -4.99. The Labute approximate surface area is 195 Å². The van der Waals surface area contributed by atoms with Gasteiger partial charge in [-0.2, -0.15) is 18.3 Å². The molecule has 1 N–H and O–H groups in total. The molecule has 1 aromatic heterocycles. The van der Waals surface area contributed by atoms with Crippen molar-refractivity contribution in [2.75, 3.05) is 11.9 Å². The number of carbonyl (C=O) groups is 2. The van der Waals surface area contributed by atoms with E-state index in [1.165, 1.54) is 12.1 Å². The number of ether oxygens (including phenoxy) is 1. The number of nitrogens with zero attached hydrogens (tertiary/aromatic N) is 3. The maximum atomic E-state index is 13.3. The molecule has 0 aliphatic heterocycles. The number of anilines is 1. The molecular weight excluding hydrogens is 473 g/mol. The lowest BCUT2D eigenvalue weighted by molar-refractivity contribution is -0.385. The Balaban J connectivity index is 1.82. The first-order valence-electron chi connectivity index (χ1n) is 10.2. The van der Waals surface area contributed by atoms with E-state index in [4.69, 9.17) is 4.74 Å². The minimum Gasteiger partial charge on any atom is -0.451 e. The maximum Gasteiger partial charge on any atom is 0.418 e. The SMILES string of the molecule is CC(C)Cn1nc(C(=O)OCC(=O)Nc2ccc([N+](=O)[O-])cc2C(F)(F)F)c2ccccc2c1=O. The molecule has 1 amide bonds. The number of hydrogen-bond acceptors (Lipinski definition) is 7. The summed E-state index contributed by atoms with van der Waals surface area (Å²) in [5.74, 6) is -2.15. The van der Waals surface area contributed by atoms with Crippen LogP contribution >= 0.6 is 0 Å². The zero-order valence-electron chi connectivity index (χ0n) is 18.5. The molecule has 1 heterocycles. The van der Waals surface area contributed by atoms with Gasteiger partial charge in [0.05, 0.1) is 21.6 Å². The number of fused-ring (bicyclic) bond motifs is 1. The Morgan fingerprint density at radius 3 is 2.43 bits per heavy atom. The molecule has 3 aromatic rings. The number of nitro groups is 1. The van der Waals surface area contributed by atoms with Crippen molar-refractivity contribution in [3.63, 3.8) is 0 Å². The van der Waals surface area contributed by atoms with Gasteiger partial charge in [0.25, 0.3) is 17.2 Å². The Hall–Kier alpha value is -4.29. The summed E-state index contributed by atoms with van der Waals surface area (Å²) >= 11 is 0. The van der Waals surface area contributed by atoms with Crippen molar-refractivity contribution in [2.24, 2.45) is 5.92 Å². The third-order valence-electron chi connectivity index (χ3n) is 4.73. The minimum atomic E-state index is -4.99. The fourth-order valence-corrected chi connectivity index (χ4v) is 3.23. The predicted octanol–water partition coefficient (Wildman–Crippen LogP) is 3.78. The van der Waals surface area contributed by atoms with E-state index in [0.717, 1.165) is 16.8 Å². The molecule has 0 aliphatic carbocycles. The van der Waals surface area contributed by atoms with Gasteiger partial charge in [-0.3, -0.25) is 19.7 Å². The lowest BCUT2D eigenvalue weighted by atomic mass is 10.1. The number of non-ortho nitro benzene ring substituents is 1. The summed E-state index contributed by atoms with van der Waals surface area (Å²) in [6.45, 7) is 2.94. The Kier molecular flexibility index (Phi) is 7.17. The van der Waals surface area contributed by atoms with Crippen molar-refractivity contribution in [3.8, 4) is 0 Å². The highest BCUT2D eigenvalue weighted by Crippen LogP contribution is 2.37. The number of halogens is 3. The Bertz CT molecular complexity index is 1370. The smallest absolute Gasteiger partial charge is 0.418 e. The molecule has 0 spiro atoms. The van der Waals surface area contributed by atoms with Gasteiger partial charge < -0.3 is 10.1 Å². The molecule has 184 valence electrons. The number of nitrogens with one attached hydrogen (secondary N) is 1. The summed E-state index contributed by atoms with van der Waals surface area (Å²) < 4.78 is 45.9. The molecule has 13 heteroatoms. The molecule has 35 heavy (non-hydrogen) atoms. The molecule has 0 fully saturated rings. The monoisotopic (exact) mass is 492 g/mol. The largest absolute Gasteiger partial charge is 0.451 e. The number of esters is 1. The van der Waals surface area contributed by atoms with Gasteiger partial charge in [0.15, 0.2) is 12.3 Å². The first-order chi connectivity index (χ1) is 16.4. The van der Waals surface area contributed by atoms with Crippen LogP contribution in [0.1, 0.15) is 29.9 Å². The van der Waals surface area contributed by atoms with Gasteiger partial charge >= 0.3 is 12.1 Å². The summed E-state index contributed by atoms with van der Waals surface area (Å²) in [5, 5.41) is 17.2. The summed E-state index contributed by atoms with van der Waals surface area (Å²) in [5.41, 5.74) is -3.63. The third kappa shape index (κ3) is 5.80. The molecule has 0 saturated carbocycles. The fraction of sp³-hybridized carbons (Fsp3) is 0.273. The van der Waals surface area contributed by atoms with Crippen LogP contribution in [0.15, 0.2) is 47.3 Å². The van der Waals surface area contributed by atoms with E-state index < -0.39 is 52.1 Å². The number of alkyl halides is 3. The van der Waals surface area contributed by atoms with Gasteiger partial charge in [0, 0.05) is 24.1 Å². The molecule has 10 nitrogen and oxygen atoms in total. The highest BCUT2D eigenvalue weighted by Gasteiger charge is 2.35. The summed E-state index contributed by atoms with van der Waals surface area (Å²) in [7, 11) is 0. The van der Waals surface area contributed by atoms with E-state index in [1.807, 2.05) is 19.2 Å². The van der Waals surface area contributed by atoms with Crippen molar-refractivity contribution in [3.05, 3.63) is 74.2 Å². The van der Waals surface area contributed by atoms with Gasteiger partial charge in [0.1, 0.15) is 0 Å². The van der Waals surface area contributed by atoms with Crippen LogP contribution in [0, 0.1) is 16.0 Å². The van der Waals surface area contributed by atoms with E-state index >= 15 is 0 Å². The van der Waals surface area contributed by atoms with Gasteiger partial charge in [-0.15, -0.1) is 0 Å². The molecule has 0 bridgehead atoms. The van der Waals surface area contributed by atoms with Gasteiger partial charge in [0.2, 0.25) is 0 Å². The standard InChI is InChI=1S/C22H19F3N4O6/c1-12(2)10-28-20(31)15-6-4-3-5-14(15)19(27-28)21(32)35-11-18(30)26-17-8-7-13(29(33)34)9-16(17)22(23,24)25/h3-9,12H,10-11H2,1-2H3,(H,26,30). The topological polar surface area (TPSA) is 133 Å². The van der Waals surface area contributed by atoms with Crippen molar-refractivity contribution in [2.45, 2.75) is 26.6 Å². The lowest BCUT2D eigenvalue weighted by Crippen LogP contribution is -2.29. The molecule has 0 unspecified atom stereocenters. The average molecular weight is 492 g/mol. The molecule has 3 rings (SSSR count). The number of rotatable bonds is 7. The van der Waals surface area contributed by atoms with E-state index in [1.54, 1.807) is 12.1 Å². The van der Waals surface area contributed by atoms with Crippen LogP contribution in [0.5, 0.6) is 0 Å². The number of aromatic nitrogens is 2. The number of carbonyl (C=O) groups excluding carboxylic acids is 2. The first kappa shape index (κ1) is 25.3. The van der Waals surface area contributed by atoms with Gasteiger partial charge in [-0.25, -0.2) is 9.48 Å². The van der Waals surface area contributed by atoms with Crippen LogP contribution in [0.25, 0.3) is 10.8 Å². The van der Waals surface area contributed by atoms with Crippen LogP contribution in [-0.2, 0) is 22.3 Å². The number of hydrogen-bond donors (Lipinski definition) is 1. The second kappa shape index (κ2) is 9.91. The number of benzene rings is 2. The molecule has 0 saturated heterocycles. The lowest BCUT2D eigenvalue weighted by Gasteiger charge is -2.14. The quantitative estimate of drug-likeness (QED) is 0.301. The third-order valence-corrected chi connectivity index (χ3v) is 4.73. The van der Waals surface area contributed by atoms with Crippen LogP contribution in [-0.4, -0.2) is 33.2 Å². The molecule has 2 aromatic carbocycles. The fourth-order valence-electron chi connectivity index (χ4n) is 3.23. The van der Waals surface area contributed by atoms with Crippen LogP contribution in [0.4, 0.5) is 24.5 Å². The molecule has 0 radical (unpaired) electrons. The van der Waals surface area contributed by atoms with Gasteiger partial charge in [-0.1, -0.05) is 32.0 Å². The summed E-state index contributed by atoms with van der Waals surface area (Å²) in [6, 6.07) is 7.99. The van der Waals surface area contributed by atoms with E-state index in [0.29, 0.717) is 0 Å². The second-order valence-electron chi connectivity index (χ2n) is 7.88. The Morgan fingerprint density at radius 2 is 1.83 bits per heavy atom. The Morgan fingerprint density at radius 1 is 1.17 bits per heavy atom. The van der Waals surface area contributed by atoms with Crippen LogP contribution < -0.4 is 10.9 Å². The average Bonchev–Trinajstić information content (AvgIpc) is 2.78. The highest BCUT2D eigenvalue weighted by atomic mass is 19.4. The molecular formula is C22H19F3N4O6. The highest BCUT2D eigenvalue weighted by molar-refractivity contribution is 6.03. The number of amides is 1. The van der Waals surface area contributed by atoms with Crippen LogP contribution in [0.2, 0.25) is 0 Å². The number of nitro benzene ring substituents is 1.